The van der Waals surface area contributed by atoms with E-state index in [0.29, 0.717) is 12.0 Å². The van der Waals surface area contributed by atoms with Gasteiger partial charge in [-0.1, -0.05) is 53.2 Å². The van der Waals surface area contributed by atoms with Gasteiger partial charge in [-0.05, 0) is 35.7 Å². The van der Waals surface area contributed by atoms with Crippen molar-refractivity contribution in [2.24, 2.45) is 0 Å². The molecule has 0 saturated carbocycles. The Morgan fingerprint density at radius 1 is 1.00 bits per heavy atom. The number of hydrazine groups is 1. The van der Waals surface area contributed by atoms with E-state index in [1.807, 2.05) is 37.3 Å². The van der Waals surface area contributed by atoms with Gasteiger partial charge in [0.15, 0.2) is 0 Å². The lowest BCUT2D eigenvalue weighted by Crippen LogP contribution is -2.41. The Balaban J connectivity index is 1.82. The van der Waals surface area contributed by atoms with Crippen molar-refractivity contribution in [1.29, 1.82) is 0 Å². The zero-order valence-corrected chi connectivity index (χ0v) is 13.8. The lowest BCUT2D eigenvalue weighted by Gasteiger charge is -2.12. The Labute approximate surface area is 138 Å². The first-order valence-corrected chi connectivity index (χ1v) is 7.75. The second kappa shape index (κ2) is 7.75. The summed E-state index contributed by atoms with van der Waals surface area (Å²) in [7, 11) is 0. The van der Waals surface area contributed by atoms with E-state index in [9.17, 15) is 9.59 Å². The van der Waals surface area contributed by atoms with Crippen LogP contribution in [0.1, 0.15) is 35.2 Å². The first-order valence-electron chi connectivity index (χ1n) is 6.96. The third-order valence-corrected chi connectivity index (χ3v) is 3.81. The molecule has 0 saturated heterocycles. The largest absolute Gasteiger partial charge is 0.273 e. The molecule has 0 unspecified atom stereocenters. The summed E-state index contributed by atoms with van der Waals surface area (Å²) in [5.41, 5.74) is 6.45. The van der Waals surface area contributed by atoms with E-state index in [-0.39, 0.29) is 17.7 Å². The van der Waals surface area contributed by atoms with Crippen LogP contribution in [0.3, 0.4) is 0 Å². The maximum Gasteiger partial charge on any atom is 0.269 e. The molecule has 0 fully saturated rings. The van der Waals surface area contributed by atoms with Crippen LogP contribution < -0.4 is 10.9 Å². The Morgan fingerprint density at radius 2 is 1.64 bits per heavy atom. The molecule has 114 valence electrons. The summed E-state index contributed by atoms with van der Waals surface area (Å²) in [6, 6.07) is 16.7. The molecule has 2 N–H and O–H groups in total. The number of nitrogens with one attached hydrogen (secondary N) is 2. The highest BCUT2D eigenvalue weighted by molar-refractivity contribution is 9.10. The number of hydrogen-bond donors (Lipinski definition) is 2. The van der Waals surface area contributed by atoms with E-state index in [1.165, 1.54) is 0 Å². The normalized spacial score (nSPS) is 11.5. The van der Waals surface area contributed by atoms with Crippen molar-refractivity contribution < 1.29 is 9.59 Å². The van der Waals surface area contributed by atoms with Crippen LogP contribution in [-0.2, 0) is 4.79 Å². The standard InChI is InChI=1S/C17H17BrN2O2/c1-12(13-5-3-2-4-6-13)11-16(21)19-20-17(22)14-7-9-15(18)10-8-14/h2-10,12H,11H2,1H3,(H,19,21)(H,20,22)/t12-/m0/s1. The molecular formula is C17H17BrN2O2. The van der Waals surface area contributed by atoms with Gasteiger partial charge >= 0.3 is 0 Å². The highest BCUT2D eigenvalue weighted by Gasteiger charge is 2.12. The Hall–Kier alpha value is -2.14. The molecule has 0 bridgehead atoms. The molecule has 4 nitrogen and oxygen atoms in total. The number of benzene rings is 2. The van der Waals surface area contributed by atoms with E-state index in [1.54, 1.807) is 24.3 Å². The molecular weight excluding hydrogens is 344 g/mol. The van der Waals surface area contributed by atoms with Gasteiger partial charge in [-0.25, -0.2) is 0 Å². The summed E-state index contributed by atoms with van der Waals surface area (Å²) < 4.78 is 0.893. The van der Waals surface area contributed by atoms with Gasteiger partial charge < -0.3 is 0 Å². The Bertz CT molecular complexity index is 641. The van der Waals surface area contributed by atoms with Crippen LogP contribution in [0.4, 0.5) is 0 Å². The molecule has 2 amide bonds. The van der Waals surface area contributed by atoms with Crippen molar-refractivity contribution in [1.82, 2.24) is 10.9 Å². The number of amides is 2. The van der Waals surface area contributed by atoms with Gasteiger partial charge in [0.05, 0.1) is 0 Å². The second-order valence-electron chi connectivity index (χ2n) is 5.03. The van der Waals surface area contributed by atoms with Crippen molar-refractivity contribution in [3.05, 3.63) is 70.2 Å². The number of carbonyl (C=O) groups excluding carboxylic acids is 2. The van der Waals surface area contributed by atoms with Gasteiger partial charge in [-0.15, -0.1) is 0 Å². The van der Waals surface area contributed by atoms with Gasteiger partial charge in [0, 0.05) is 16.5 Å². The average molecular weight is 361 g/mol. The van der Waals surface area contributed by atoms with Crippen molar-refractivity contribution >= 4 is 27.7 Å². The number of halogens is 1. The van der Waals surface area contributed by atoms with E-state index < -0.39 is 0 Å². The summed E-state index contributed by atoms with van der Waals surface area (Å²) in [6.45, 7) is 1.98. The van der Waals surface area contributed by atoms with Crippen LogP contribution in [0.2, 0.25) is 0 Å². The van der Waals surface area contributed by atoms with Crippen LogP contribution in [-0.4, -0.2) is 11.8 Å². The fraction of sp³-hybridized carbons (Fsp3) is 0.176. The van der Waals surface area contributed by atoms with Crippen LogP contribution in [0.25, 0.3) is 0 Å². The Kier molecular flexibility index (Phi) is 5.72. The first-order chi connectivity index (χ1) is 10.6. The minimum absolute atomic E-state index is 0.0887. The maximum atomic E-state index is 11.9. The molecule has 1 atom stereocenters. The first kappa shape index (κ1) is 16.2. The topological polar surface area (TPSA) is 58.2 Å². The van der Waals surface area contributed by atoms with Crippen molar-refractivity contribution in [3.8, 4) is 0 Å². The van der Waals surface area contributed by atoms with Gasteiger partial charge in [0.2, 0.25) is 5.91 Å². The molecule has 0 spiro atoms. The molecule has 0 heterocycles. The van der Waals surface area contributed by atoms with E-state index >= 15 is 0 Å². The Morgan fingerprint density at radius 3 is 2.27 bits per heavy atom. The zero-order chi connectivity index (χ0) is 15.9. The smallest absolute Gasteiger partial charge is 0.269 e. The van der Waals surface area contributed by atoms with Gasteiger partial charge in [0.1, 0.15) is 0 Å². The second-order valence-corrected chi connectivity index (χ2v) is 5.94. The lowest BCUT2D eigenvalue weighted by atomic mass is 9.98. The number of carbonyl (C=O) groups is 2. The van der Waals surface area contributed by atoms with Crippen LogP contribution in [0, 0.1) is 0 Å². The summed E-state index contributed by atoms with van der Waals surface area (Å²) in [6.07, 6.45) is 0.310. The van der Waals surface area contributed by atoms with Crippen LogP contribution in [0.15, 0.2) is 59.1 Å². The quantitative estimate of drug-likeness (QED) is 0.820. The van der Waals surface area contributed by atoms with Crippen molar-refractivity contribution in [2.75, 3.05) is 0 Å². The molecule has 5 heteroatoms. The molecule has 0 aliphatic carbocycles. The summed E-state index contributed by atoms with van der Waals surface area (Å²) in [5.74, 6) is -0.471. The number of rotatable bonds is 4. The summed E-state index contributed by atoms with van der Waals surface area (Å²) in [4.78, 5) is 23.8. The van der Waals surface area contributed by atoms with E-state index in [2.05, 4.69) is 26.8 Å². The minimum atomic E-state index is -0.340. The lowest BCUT2D eigenvalue weighted by molar-refractivity contribution is -0.122. The predicted molar refractivity (Wildman–Crippen MR) is 89.2 cm³/mol. The third-order valence-electron chi connectivity index (χ3n) is 3.28. The molecule has 0 aliphatic rings. The molecule has 0 aromatic heterocycles. The average Bonchev–Trinajstić information content (AvgIpc) is 2.54. The summed E-state index contributed by atoms with van der Waals surface area (Å²) in [5, 5.41) is 0. The monoisotopic (exact) mass is 360 g/mol. The van der Waals surface area contributed by atoms with Crippen LogP contribution in [0.5, 0.6) is 0 Å². The highest BCUT2D eigenvalue weighted by atomic mass is 79.9. The van der Waals surface area contributed by atoms with E-state index in [0.717, 1.165) is 10.0 Å². The van der Waals surface area contributed by atoms with Crippen LogP contribution >= 0.6 is 15.9 Å². The minimum Gasteiger partial charge on any atom is -0.273 e. The fourth-order valence-electron chi connectivity index (χ4n) is 2.03. The van der Waals surface area contributed by atoms with Gasteiger partial charge in [-0.2, -0.15) is 0 Å². The molecule has 0 aliphatic heterocycles. The van der Waals surface area contributed by atoms with E-state index in [4.69, 9.17) is 0 Å². The van der Waals surface area contributed by atoms with Crippen molar-refractivity contribution in [2.45, 2.75) is 19.3 Å². The summed E-state index contributed by atoms with van der Waals surface area (Å²) >= 11 is 3.30. The fourth-order valence-corrected chi connectivity index (χ4v) is 2.29. The highest BCUT2D eigenvalue weighted by Crippen LogP contribution is 2.17. The number of hydrogen-bond acceptors (Lipinski definition) is 2. The molecule has 2 rings (SSSR count). The third kappa shape index (κ3) is 4.70. The molecule has 22 heavy (non-hydrogen) atoms. The molecule has 2 aromatic carbocycles. The van der Waals surface area contributed by atoms with Crippen molar-refractivity contribution in [3.63, 3.8) is 0 Å². The zero-order valence-electron chi connectivity index (χ0n) is 12.2. The van der Waals surface area contributed by atoms with Gasteiger partial charge in [-0.3, -0.25) is 20.4 Å². The molecule has 0 radical (unpaired) electrons. The maximum absolute atomic E-state index is 11.9. The molecule has 2 aromatic rings. The van der Waals surface area contributed by atoms with Gasteiger partial charge in [0.25, 0.3) is 5.91 Å². The SMILES string of the molecule is C[C@@H](CC(=O)NNC(=O)c1ccc(Br)cc1)c1ccccc1. The predicted octanol–water partition coefficient (Wildman–Crippen LogP) is 3.40.